The second kappa shape index (κ2) is 4.13. The molecule has 2 aliphatic rings. The third-order valence-corrected chi connectivity index (χ3v) is 4.36. The highest BCUT2D eigenvalue weighted by Crippen LogP contribution is 2.35. The van der Waals surface area contributed by atoms with E-state index >= 15 is 0 Å². The first-order valence-electron chi connectivity index (χ1n) is 5.78. The van der Waals surface area contributed by atoms with Crippen molar-refractivity contribution in [1.82, 2.24) is 9.78 Å². The lowest BCUT2D eigenvalue weighted by Crippen LogP contribution is -2.25. The lowest BCUT2D eigenvalue weighted by Gasteiger charge is -2.22. The van der Waals surface area contributed by atoms with Crippen LogP contribution < -0.4 is 5.32 Å². The van der Waals surface area contributed by atoms with Gasteiger partial charge in [-0.05, 0) is 18.8 Å². The molecule has 4 nitrogen and oxygen atoms in total. The molecule has 2 atom stereocenters. The summed E-state index contributed by atoms with van der Waals surface area (Å²) in [5, 5.41) is 8.64. The van der Waals surface area contributed by atoms with Gasteiger partial charge in [0.2, 0.25) is 0 Å². The first kappa shape index (κ1) is 10.2. The number of aromatic nitrogens is 2. The number of amidine groups is 1. The number of fused-ring (bicyclic) bond motifs is 1. The fourth-order valence-corrected chi connectivity index (χ4v) is 3.56. The number of nitrogens with one attached hydrogen (secondary N) is 1. The minimum atomic E-state index is 0.562. The van der Waals surface area contributed by atoms with Gasteiger partial charge in [0.15, 0.2) is 11.0 Å². The van der Waals surface area contributed by atoms with Crippen LogP contribution in [-0.2, 0) is 7.05 Å². The number of thioether (sulfide) groups is 1. The van der Waals surface area contributed by atoms with Crippen LogP contribution in [0.2, 0.25) is 0 Å². The van der Waals surface area contributed by atoms with Crippen molar-refractivity contribution in [2.24, 2.45) is 18.0 Å². The molecule has 3 rings (SSSR count). The molecule has 5 heteroatoms. The number of anilines is 1. The van der Waals surface area contributed by atoms with Crippen molar-refractivity contribution < 1.29 is 0 Å². The van der Waals surface area contributed by atoms with Gasteiger partial charge >= 0.3 is 0 Å². The van der Waals surface area contributed by atoms with Gasteiger partial charge in [0.05, 0.1) is 6.04 Å². The third kappa shape index (κ3) is 1.96. The van der Waals surface area contributed by atoms with Gasteiger partial charge in [0.1, 0.15) is 0 Å². The van der Waals surface area contributed by atoms with Gasteiger partial charge in [-0.25, -0.2) is 0 Å². The molecule has 0 radical (unpaired) electrons. The molecule has 1 fully saturated rings. The molecule has 0 amide bonds. The average Bonchev–Trinajstić information content (AvgIpc) is 2.87. The molecule has 2 heterocycles. The topological polar surface area (TPSA) is 42.2 Å². The van der Waals surface area contributed by atoms with Crippen LogP contribution in [0.4, 0.5) is 5.82 Å². The Morgan fingerprint density at radius 1 is 1.50 bits per heavy atom. The summed E-state index contributed by atoms with van der Waals surface area (Å²) in [6.07, 6.45) is 5.90. The van der Waals surface area contributed by atoms with Gasteiger partial charge in [-0.1, -0.05) is 18.2 Å². The standard InChI is InChI=1S/C11H16N4S/c1-15-6-5-10(14-15)13-11-12-9-4-2-3-8(9)7-16-11/h5-6,8-9H,2-4,7H2,1H3,(H,12,13,14). The van der Waals surface area contributed by atoms with Gasteiger partial charge in [0.25, 0.3) is 0 Å². The number of aliphatic imine (C=N–C) groups is 1. The van der Waals surface area contributed by atoms with E-state index in [4.69, 9.17) is 4.99 Å². The quantitative estimate of drug-likeness (QED) is 0.812. The molecule has 2 unspecified atom stereocenters. The summed E-state index contributed by atoms with van der Waals surface area (Å²) in [5.74, 6) is 2.92. The van der Waals surface area contributed by atoms with E-state index in [2.05, 4.69) is 10.4 Å². The Kier molecular flexibility index (Phi) is 2.63. The van der Waals surface area contributed by atoms with E-state index in [1.54, 1.807) is 4.68 Å². The molecule has 0 spiro atoms. The normalized spacial score (nSPS) is 28.7. The van der Waals surface area contributed by atoms with Gasteiger partial charge < -0.3 is 5.32 Å². The molecule has 0 bridgehead atoms. The van der Waals surface area contributed by atoms with E-state index in [9.17, 15) is 0 Å². The van der Waals surface area contributed by atoms with Crippen LogP contribution in [0.3, 0.4) is 0 Å². The molecule has 1 aromatic rings. The van der Waals surface area contributed by atoms with Crippen LogP contribution in [0.5, 0.6) is 0 Å². The average molecular weight is 236 g/mol. The van der Waals surface area contributed by atoms with Gasteiger partial charge in [-0.2, -0.15) is 5.10 Å². The van der Waals surface area contributed by atoms with Crippen molar-refractivity contribution in [3.8, 4) is 0 Å². The van der Waals surface area contributed by atoms with Crippen LogP contribution in [0.25, 0.3) is 0 Å². The highest BCUT2D eigenvalue weighted by Gasteiger charge is 2.30. The zero-order chi connectivity index (χ0) is 11.0. The molecular weight excluding hydrogens is 220 g/mol. The highest BCUT2D eigenvalue weighted by molar-refractivity contribution is 8.14. The molecule has 0 aromatic carbocycles. The largest absolute Gasteiger partial charge is 0.318 e. The Hall–Kier alpha value is -0.970. The second-order valence-electron chi connectivity index (χ2n) is 4.50. The molecule has 1 saturated carbocycles. The maximum absolute atomic E-state index is 4.77. The smallest absolute Gasteiger partial charge is 0.162 e. The molecule has 1 aromatic heterocycles. The Labute approximate surface area is 99.5 Å². The molecular formula is C11H16N4S. The monoisotopic (exact) mass is 236 g/mol. The summed E-state index contributed by atoms with van der Waals surface area (Å²) >= 11 is 1.83. The lowest BCUT2D eigenvalue weighted by atomic mass is 10.1. The molecule has 86 valence electrons. The number of hydrogen-bond acceptors (Lipinski definition) is 4. The zero-order valence-electron chi connectivity index (χ0n) is 9.39. The lowest BCUT2D eigenvalue weighted by molar-refractivity contribution is 0.535. The highest BCUT2D eigenvalue weighted by atomic mass is 32.2. The van der Waals surface area contributed by atoms with Gasteiger partial charge in [-0.3, -0.25) is 9.67 Å². The van der Waals surface area contributed by atoms with Crippen LogP contribution in [0, 0.1) is 5.92 Å². The first-order chi connectivity index (χ1) is 7.81. The molecule has 16 heavy (non-hydrogen) atoms. The van der Waals surface area contributed by atoms with Crippen LogP contribution in [-0.4, -0.2) is 26.7 Å². The SMILES string of the molecule is Cn1ccc(NC2=NC3CCCC3CS2)n1. The van der Waals surface area contributed by atoms with Crippen LogP contribution in [0.15, 0.2) is 17.3 Å². The summed E-state index contributed by atoms with van der Waals surface area (Å²) in [5.41, 5.74) is 0. The maximum Gasteiger partial charge on any atom is 0.162 e. The van der Waals surface area contributed by atoms with Crippen LogP contribution >= 0.6 is 11.8 Å². The van der Waals surface area contributed by atoms with Gasteiger partial charge in [0, 0.05) is 25.1 Å². The van der Waals surface area contributed by atoms with Crippen molar-refractivity contribution in [3.05, 3.63) is 12.3 Å². The second-order valence-corrected chi connectivity index (χ2v) is 5.51. The first-order valence-corrected chi connectivity index (χ1v) is 6.77. The summed E-state index contributed by atoms with van der Waals surface area (Å²) in [4.78, 5) is 4.77. The summed E-state index contributed by atoms with van der Waals surface area (Å²) < 4.78 is 1.80. The van der Waals surface area contributed by atoms with E-state index in [-0.39, 0.29) is 0 Å². The summed E-state index contributed by atoms with van der Waals surface area (Å²) in [6.45, 7) is 0. The Morgan fingerprint density at radius 2 is 2.44 bits per heavy atom. The van der Waals surface area contributed by atoms with Gasteiger partial charge in [-0.15, -0.1) is 0 Å². The van der Waals surface area contributed by atoms with E-state index in [1.807, 2.05) is 31.1 Å². The van der Waals surface area contributed by atoms with E-state index in [0.29, 0.717) is 6.04 Å². The third-order valence-electron chi connectivity index (χ3n) is 3.28. The number of nitrogens with zero attached hydrogens (tertiary/aromatic N) is 3. The zero-order valence-corrected chi connectivity index (χ0v) is 10.2. The molecule has 0 saturated heterocycles. The van der Waals surface area contributed by atoms with Crippen molar-refractivity contribution in [2.45, 2.75) is 25.3 Å². The Bertz CT molecular complexity index is 412. The van der Waals surface area contributed by atoms with Crippen molar-refractivity contribution in [1.29, 1.82) is 0 Å². The number of aryl methyl sites for hydroxylation is 1. The fourth-order valence-electron chi connectivity index (χ4n) is 2.42. The molecule has 1 N–H and O–H groups in total. The van der Waals surface area contributed by atoms with E-state index in [0.717, 1.165) is 16.9 Å². The molecule has 1 aliphatic carbocycles. The maximum atomic E-state index is 4.77. The number of rotatable bonds is 1. The van der Waals surface area contributed by atoms with Crippen molar-refractivity contribution >= 4 is 22.7 Å². The van der Waals surface area contributed by atoms with E-state index in [1.165, 1.54) is 25.0 Å². The van der Waals surface area contributed by atoms with Crippen molar-refractivity contribution in [3.63, 3.8) is 0 Å². The van der Waals surface area contributed by atoms with E-state index < -0.39 is 0 Å². The summed E-state index contributed by atoms with van der Waals surface area (Å²) in [7, 11) is 1.92. The Morgan fingerprint density at radius 3 is 3.25 bits per heavy atom. The van der Waals surface area contributed by atoms with Crippen molar-refractivity contribution in [2.75, 3.05) is 11.1 Å². The Balaban J connectivity index is 1.71. The molecule has 1 aliphatic heterocycles. The summed E-state index contributed by atoms with van der Waals surface area (Å²) in [6, 6.07) is 2.54. The fraction of sp³-hybridized carbons (Fsp3) is 0.636. The predicted octanol–water partition coefficient (Wildman–Crippen LogP) is 2.10. The van der Waals surface area contributed by atoms with Crippen LogP contribution in [0.1, 0.15) is 19.3 Å². The predicted molar refractivity (Wildman–Crippen MR) is 67.9 cm³/mol. The minimum absolute atomic E-state index is 0.562. The minimum Gasteiger partial charge on any atom is -0.318 e. The number of hydrogen-bond donors (Lipinski definition) is 1.